The van der Waals surface area contributed by atoms with E-state index < -0.39 is 5.97 Å². The quantitative estimate of drug-likeness (QED) is 0.648. The second-order valence-electron chi connectivity index (χ2n) is 5.26. The van der Waals surface area contributed by atoms with Crippen molar-refractivity contribution in [1.29, 1.82) is 0 Å². The van der Waals surface area contributed by atoms with Gasteiger partial charge in [0.25, 0.3) is 0 Å². The lowest BCUT2D eigenvalue weighted by molar-refractivity contribution is 0.0697. The Hall–Kier alpha value is -2.45. The minimum atomic E-state index is -0.985. The van der Waals surface area contributed by atoms with Crippen LogP contribution in [0.15, 0.2) is 23.6 Å². The summed E-state index contributed by atoms with van der Waals surface area (Å²) in [6.45, 7) is 6.31. The Kier molecular flexibility index (Phi) is 5.00. The zero-order valence-corrected chi connectivity index (χ0v) is 15.6. The second-order valence-corrected chi connectivity index (χ2v) is 7.32. The molecule has 0 fully saturated rings. The molecule has 0 saturated heterocycles. The minimum absolute atomic E-state index is 0.191. The van der Waals surface area contributed by atoms with E-state index in [-0.39, 0.29) is 5.56 Å². The number of carbonyl (C=O) groups is 1. The van der Waals surface area contributed by atoms with Crippen LogP contribution in [-0.2, 0) is 0 Å². The number of aromatic carboxylic acids is 1. The number of rotatable bonds is 6. The standard InChI is InChI=1S/C17H17N3O3S2/c1-4-23-14-6-5-11(16(21)22)7-12(14)19-17-20-13(8-24-17)15-9(2)18-10(3)25-15/h5-8H,4H2,1-3H3,(H,19,20)(H,21,22). The van der Waals surface area contributed by atoms with Gasteiger partial charge in [0.2, 0.25) is 0 Å². The number of thiazole rings is 2. The highest BCUT2D eigenvalue weighted by Crippen LogP contribution is 2.35. The lowest BCUT2D eigenvalue weighted by Crippen LogP contribution is -2.02. The predicted molar refractivity (Wildman–Crippen MR) is 101 cm³/mol. The van der Waals surface area contributed by atoms with Crippen LogP contribution in [0.1, 0.15) is 28.0 Å². The average Bonchev–Trinajstić information content (AvgIpc) is 3.15. The van der Waals surface area contributed by atoms with E-state index in [4.69, 9.17) is 4.74 Å². The summed E-state index contributed by atoms with van der Waals surface area (Å²) in [6, 6.07) is 4.73. The fraction of sp³-hybridized carbons (Fsp3) is 0.235. The molecular formula is C17H17N3O3S2. The van der Waals surface area contributed by atoms with Gasteiger partial charge in [-0.25, -0.2) is 14.8 Å². The summed E-state index contributed by atoms with van der Waals surface area (Å²) >= 11 is 3.06. The fourth-order valence-electron chi connectivity index (χ4n) is 2.36. The maximum absolute atomic E-state index is 11.2. The molecule has 0 aliphatic rings. The molecule has 2 aromatic heterocycles. The number of benzene rings is 1. The van der Waals surface area contributed by atoms with Crippen LogP contribution in [0, 0.1) is 13.8 Å². The number of carboxylic acids is 1. The lowest BCUT2D eigenvalue weighted by atomic mass is 10.2. The molecule has 0 bridgehead atoms. The van der Waals surface area contributed by atoms with Crippen LogP contribution in [0.3, 0.4) is 0 Å². The van der Waals surface area contributed by atoms with Crippen molar-refractivity contribution in [2.45, 2.75) is 20.8 Å². The molecule has 0 atom stereocenters. The smallest absolute Gasteiger partial charge is 0.335 e. The Morgan fingerprint density at radius 1 is 1.32 bits per heavy atom. The van der Waals surface area contributed by atoms with Crippen molar-refractivity contribution < 1.29 is 14.6 Å². The summed E-state index contributed by atoms with van der Waals surface area (Å²) in [5.41, 5.74) is 2.60. The van der Waals surface area contributed by atoms with E-state index in [0.29, 0.717) is 23.2 Å². The van der Waals surface area contributed by atoms with Gasteiger partial charge in [-0.05, 0) is 39.0 Å². The van der Waals surface area contributed by atoms with Crippen molar-refractivity contribution in [1.82, 2.24) is 9.97 Å². The minimum Gasteiger partial charge on any atom is -0.492 e. The molecular weight excluding hydrogens is 358 g/mol. The summed E-state index contributed by atoms with van der Waals surface area (Å²) in [5.74, 6) is -0.393. The molecule has 8 heteroatoms. The third-order valence-corrected chi connectivity index (χ3v) is 5.26. The van der Waals surface area contributed by atoms with Crippen molar-refractivity contribution >= 4 is 39.5 Å². The largest absolute Gasteiger partial charge is 0.492 e. The highest BCUT2D eigenvalue weighted by molar-refractivity contribution is 7.16. The molecule has 25 heavy (non-hydrogen) atoms. The molecule has 0 saturated carbocycles. The zero-order valence-electron chi connectivity index (χ0n) is 14.0. The number of nitrogens with zero attached hydrogens (tertiary/aromatic N) is 2. The van der Waals surface area contributed by atoms with Crippen LogP contribution >= 0.6 is 22.7 Å². The van der Waals surface area contributed by atoms with Gasteiger partial charge < -0.3 is 15.2 Å². The number of hydrogen-bond acceptors (Lipinski definition) is 7. The normalized spacial score (nSPS) is 10.7. The molecule has 0 radical (unpaired) electrons. The maximum Gasteiger partial charge on any atom is 0.335 e. The number of carboxylic acid groups (broad SMARTS) is 1. The number of ether oxygens (including phenoxy) is 1. The van der Waals surface area contributed by atoms with Crippen LogP contribution in [0.25, 0.3) is 10.6 Å². The maximum atomic E-state index is 11.2. The highest BCUT2D eigenvalue weighted by atomic mass is 32.1. The van der Waals surface area contributed by atoms with Crippen molar-refractivity contribution in [3.63, 3.8) is 0 Å². The molecule has 1 aromatic carbocycles. The van der Waals surface area contributed by atoms with Gasteiger partial charge in [-0.2, -0.15) is 0 Å². The lowest BCUT2D eigenvalue weighted by Gasteiger charge is -2.11. The van der Waals surface area contributed by atoms with E-state index in [9.17, 15) is 9.90 Å². The van der Waals surface area contributed by atoms with Crippen molar-refractivity contribution in [2.24, 2.45) is 0 Å². The van der Waals surface area contributed by atoms with Gasteiger partial charge in [0, 0.05) is 5.38 Å². The molecule has 0 aliphatic carbocycles. The van der Waals surface area contributed by atoms with E-state index in [1.54, 1.807) is 23.5 Å². The third kappa shape index (κ3) is 3.80. The molecule has 3 rings (SSSR count). The molecule has 0 amide bonds. The van der Waals surface area contributed by atoms with E-state index in [1.165, 1.54) is 17.4 Å². The van der Waals surface area contributed by atoms with E-state index in [0.717, 1.165) is 21.3 Å². The van der Waals surface area contributed by atoms with Crippen molar-refractivity contribution in [3.8, 4) is 16.3 Å². The van der Waals surface area contributed by atoms with Gasteiger partial charge in [-0.1, -0.05) is 0 Å². The zero-order chi connectivity index (χ0) is 18.0. The van der Waals surface area contributed by atoms with E-state index in [2.05, 4.69) is 15.3 Å². The first-order valence-corrected chi connectivity index (χ1v) is 9.34. The van der Waals surface area contributed by atoms with Gasteiger partial charge in [-0.15, -0.1) is 22.7 Å². The predicted octanol–water partition coefficient (Wildman–Crippen LogP) is 4.72. The first-order chi connectivity index (χ1) is 12.0. The molecule has 3 aromatic rings. The van der Waals surface area contributed by atoms with Crippen LogP contribution in [-0.4, -0.2) is 27.7 Å². The number of anilines is 2. The topological polar surface area (TPSA) is 84.3 Å². The average molecular weight is 375 g/mol. The number of nitrogens with one attached hydrogen (secondary N) is 1. The molecule has 130 valence electrons. The molecule has 0 aliphatic heterocycles. The third-order valence-electron chi connectivity index (χ3n) is 3.41. The van der Waals surface area contributed by atoms with Crippen LogP contribution in [0.2, 0.25) is 0 Å². The number of aromatic nitrogens is 2. The van der Waals surface area contributed by atoms with Crippen molar-refractivity contribution in [3.05, 3.63) is 39.8 Å². The van der Waals surface area contributed by atoms with Crippen LogP contribution in [0.5, 0.6) is 5.75 Å². The second kappa shape index (κ2) is 7.20. The molecule has 6 nitrogen and oxygen atoms in total. The highest BCUT2D eigenvalue weighted by Gasteiger charge is 2.14. The Bertz CT molecular complexity index is 918. The monoisotopic (exact) mass is 375 g/mol. The van der Waals surface area contributed by atoms with Gasteiger partial charge in [0.1, 0.15) is 5.75 Å². The Morgan fingerprint density at radius 2 is 2.12 bits per heavy atom. The van der Waals surface area contributed by atoms with E-state index >= 15 is 0 Å². The van der Waals surface area contributed by atoms with Crippen LogP contribution < -0.4 is 10.1 Å². The van der Waals surface area contributed by atoms with Gasteiger partial charge in [-0.3, -0.25) is 0 Å². The first kappa shape index (κ1) is 17.4. The molecule has 0 spiro atoms. The van der Waals surface area contributed by atoms with Gasteiger partial charge in [0.05, 0.1) is 39.1 Å². The number of hydrogen-bond donors (Lipinski definition) is 2. The summed E-state index contributed by atoms with van der Waals surface area (Å²) in [7, 11) is 0. The Balaban J connectivity index is 1.91. The number of aryl methyl sites for hydroxylation is 2. The van der Waals surface area contributed by atoms with Crippen LogP contribution in [0.4, 0.5) is 10.8 Å². The van der Waals surface area contributed by atoms with E-state index in [1.807, 2.05) is 26.2 Å². The first-order valence-electron chi connectivity index (χ1n) is 7.65. The van der Waals surface area contributed by atoms with Gasteiger partial charge >= 0.3 is 5.97 Å². The Labute approximate surface area is 153 Å². The molecule has 0 unspecified atom stereocenters. The molecule has 2 heterocycles. The summed E-state index contributed by atoms with van der Waals surface area (Å²) in [6.07, 6.45) is 0. The van der Waals surface area contributed by atoms with Crippen molar-refractivity contribution in [2.75, 3.05) is 11.9 Å². The summed E-state index contributed by atoms with van der Waals surface area (Å²) < 4.78 is 5.57. The summed E-state index contributed by atoms with van der Waals surface area (Å²) in [5, 5.41) is 16.0. The van der Waals surface area contributed by atoms with Gasteiger partial charge in [0.15, 0.2) is 5.13 Å². The molecule has 2 N–H and O–H groups in total. The fourth-order valence-corrected chi connectivity index (χ4v) is 4.03. The Morgan fingerprint density at radius 3 is 2.76 bits per heavy atom. The SMILES string of the molecule is CCOc1ccc(C(=O)O)cc1Nc1nc(-c2sc(C)nc2C)cs1. The summed E-state index contributed by atoms with van der Waals surface area (Å²) in [4.78, 5) is 21.3.